The Bertz CT molecular complexity index is 1620. The number of H-pyrrole nitrogens is 2. The van der Waals surface area contributed by atoms with Crippen molar-refractivity contribution in [1.29, 1.82) is 0 Å². The van der Waals surface area contributed by atoms with Crippen LogP contribution in [-0.4, -0.2) is 56.9 Å². The molecule has 0 bridgehead atoms. The molecule has 2 aromatic carbocycles. The lowest BCUT2D eigenvalue weighted by atomic mass is 9.94. The average Bonchev–Trinajstić information content (AvgIpc) is 2.83. The summed E-state index contributed by atoms with van der Waals surface area (Å²) < 4.78 is 0. The molecule has 0 unspecified atom stereocenters. The van der Waals surface area contributed by atoms with Crippen LogP contribution in [0.25, 0.3) is 22.1 Å². The van der Waals surface area contributed by atoms with Crippen LogP contribution in [0.4, 0.5) is 0 Å². The van der Waals surface area contributed by atoms with Crippen LogP contribution in [0.5, 0.6) is 0 Å². The summed E-state index contributed by atoms with van der Waals surface area (Å²) in [6, 6.07) is 4.12. The van der Waals surface area contributed by atoms with Crippen molar-refractivity contribution in [3.8, 4) is 0 Å². The van der Waals surface area contributed by atoms with Gasteiger partial charge in [-0.3, -0.25) is 9.59 Å². The van der Waals surface area contributed by atoms with Crippen LogP contribution < -0.4 is 11.1 Å². The Morgan fingerprint density at radius 2 is 1.28 bits per heavy atom. The largest absolute Gasteiger partial charge is 0.316 e. The Hall–Kier alpha value is -3.36. The topological polar surface area (TPSA) is 98.0 Å². The number of aromatic amines is 2. The second kappa shape index (κ2) is 9.26. The summed E-state index contributed by atoms with van der Waals surface area (Å²) in [5, 5.41) is 0. The molecule has 8 heteroatoms. The highest BCUT2D eigenvalue weighted by molar-refractivity contribution is 5.82. The zero-order valence-corrected chi connectivity index (χ0v) is 22.0. The first-order valence-electron chi connectivity index (χ1n) is 12.5. The standard InChI is InChI=1S/C15H19N3.C13H15N3O2/c1-9-7-14-15(17-11(3)10(2)16-14)12-5-6-18(4)8-13(9)12;1-7-5-10-11(15-13(18)12(17)14-10)8-3-4-16(2)6-9(7)8/h7H,5-6,8H2,1-4H3;5H,3-4,6H2,1-2H3,(H,14,17)(H,15,18). The van der Waals surface area contributed by atoms with Crippen LogP contribution >= 0.6 is 0 Å². The van der Waals surface area contributed by atoms with Gasteiger partial charge in [-0.05, 0) is 100 Å². The molecule has 0 fully saturated rings. The smallest absolute Gasteiger partial charge is 0.314 e. The van der Waals surface area contributed by atoms with Gasteiger partial charge in [0.25, 0.3) is 0 Å². The molecule has 2 N–H and O–H groups in total. The monoisotopic (exact) mass is 486 g/mol. The fraction of sp³-hybridized carbons (Fsp3) is 0.429. The van der Waals surface area contributed by atoms with Crippen molar-refractivity contribution < 1.29 is 0 Å². The molecular formula is C28H34N6O2. The van der Waals surface area contributed by atoms with Gasteiger partial charge in [0.1, 0.15) is 0 Å². The number of aryl methyl sites for hydroxylation is 4. The maximum absolute atomic E-state index is 11.5. The van der Waals surface area contributed by atoms with Crippen LogP contribution in [0.15, 0.2) is 21.7 Å². The molecule has 0 atom stereocenters. The lowest BCUT2D eigenvalue weighted by Gasteiger charge is -2.27. The second-order valence-electron chi connectivity index (χ2n) is 10.4. The highest BCUT2D eigenvalue weighted by Crippen LogP contribution is 2.29. The molecule has 188 valence electrons. The highest BCUT2D eigenvalue weighted by atomic mass is 16.2. The summed E-state index contributed by atoms with van der Waals surface area (Å²) in [5.74, 6) is 0. The average molecular weight is 487 g/mol. The number of fused-ring (bicyclic) bond motifs is 6. The summed E-state index contributed by atoms with van der Waals surface area (Å²) in [6.07, 6.45) is 1.98. The number of aromatic nitrogens is 4. The van der Waals surface area contributed by atoms with Crippen molar-refractivity contribution in [2.45, 2.75) is 53.6 Å². The lowest BCUT2D eigenvalue weighted by molar-refractivity contribution is 0.313. The molecule has 0 aliphatic carbocycles. The second-order valence-corrected chi connectivity index (χ2v) is 10.4. The van der Waals surface area contributed by atoms with E-state index < -0.39 is 11.1 Å². The van der Waals surface area contributed by atoms with Crippen LogP contribution in [-0.2, 0) is 25.9 Å². The molecular weight excluding hydrogens is 452 g/mol. The van der Waals surface area contributed by atoms with Gasteiger partial charge in [0, 0.05) is 26.2 Å². The predicted octanol–water partition coefficient (Wildman–Crippen LogP) is 3.06. The van der Waals surface area contributed by atoms with E-state index in [1.165, 1.54) is 22.3 Å². The van der Waals surface area contributed by atoms with Crippen LogP contribution in [0.1, 0.15) is 44.8 Å². The van der Waals surface area contributed by atoms with Crippen molar-refractivity contribution in [2.24, 2.45) is 0 Å². The van der Waals surface area contributed by atoms with Gasteiger partial charge in [-0.15, -0.1) is 0 Å². The fourth-order valence-corrected chi connectivity index (χ4v) is 5.42. The summed E-state index contributed by atoms with van der Waals surface area (Å²) in [4.78, 5) is 42.3. The van der Waals surface area contributed by atoms with Gasteiger partial charge in [-0.2, -0.15) is 0 Å². The molecule has 0 radical (unpaired) electrons. The maximum Gasteiger partial charge on any atom is 0.314 e. The van der Waals surface area contributed by atoms with Crippen molar-refractivity contribution in [1.82, 2.24) is 29.7 Å². The van der Waals surface area contributed by atoms with Crippen molar-refractivity contribution in [3.63, 3.8) is 0 Å². The minimum atomic E-state index is -0.588. The first kappa shape index (κ1) is 24.3. The summed E-state index contributed by atoms with van der Waals surface area (Å²) in [5.41, 5.74) is 12.4. The van der Waals surface area contributed by atoms with E-state index >= 15 is 0 Å². The molecule has 0 amide bonds. The van der Waals surface area contributed by atoms with E-state index in [4.69, 9.17) is 4.98 Å². The number of hydrogen-bond acceptors (Lipinski definition) is 6. The van der Waals surface area contributed by atoms with Gasteiger partial charge in [0.05, 0.1) is 33.5 Å². The van der Waals surface area contributed by atoms with Crippen molar-refractivity contribution in [2.75, 3.05) is 27.2 Å². The Labute approximate surface area is 210 Å². The molecule has 36 heavy (non-hydrogen) atoms. The Morgan fingerprint density at radius 1 is 0.722 bits per heavy atom. The van der Waals surface area contributed by atoms with Crippen LogP contribution in [0, 0.1) is 27.7 Å². The molecule has 2 aliphatic rings. The van der Waals surface area contributed by atoms with Gasteiger partial charge in [-0.1, -0.05) is 0 Å². The first-order valence-corrected chi connectivity index (χ1v) is 12.5. The summed E-state index contributed by atoms with van der Waals surface area (Å²) >= 11 is 0. The van der Waals surface area contributed by atoms with E-state index in [0.717, 1.165) is 83.6 Å². The highest BCUT2D eigenvalue weighted by Gasteiger charge is 2.20. The summed E-state index contributed by atoms with van der Waals surface area (Å²) in [7, 11) is 4.26. The molecule has 0 saturated carbocycles. The molecule has 0 saturated heterocycles. The third kappa shape index (κ3) is 4.35. The minimum absolute atomic E-state index is 0.576. The SMILES string of the molecule is Cc1cc2[nH]c(=O)c(=O)[nH]c2c2c1CN(C)CC2.Cc1cc2nc(C)c(C)nc2c2c1CN(C)CC2. The van der Waals surface area contributed by atoms with Gasteiger partial charge in [-0.25, -0.2) is 9.97 Å². The lowest BCUT2D eigenvalue weighted by Crippen LogP contribution is -2.31. The van der Waals surface area contributed by atoms with Gasteiger partial charge in [0.15, 0.2) is 0 Å². The van der Waals surface area contributed by atoms with Crippen molar-refractivity contribution >= 4 is 22.1 Å². The Balaban J connectivity index is 0.000000148. The van der Waals surface area contributed by atoms with Crippen molar-refractivity contribution in [3.05, 3.63) is 77.6 Å². The zero-order valence-electron chi connectivity index (χ0n) is 22.0. The fourth-order valence-electron chi connectivity index (χ4n) is 5.42. The number of rotatable bonds is 0. The minimum Gasteiger partial charge on any atom is -0.316 e. The van der Waals surface area contributed by atoms with Gasteiger partial charge in [0.2, 0.25) is 0 Å². The number of likely N-dealkylation sites (N-methyl/N-ethyl adjacent to an activating group) is 2. The van der Waals surface area contributed by atoms with E-state index in [9.17, 15) is 9.59 Å². The molecule has 2 aromatic heterocycles. The van der Waals surface area contributed by atoms with Crippen LogP contribution in [0.2, 0.25) is 0 Å². The normalized spacial score (nSPS) is 15.9. The molecule has 2 aliphatic heterocycles. The first-order chi connectivity index (χ1) is 17.1. The molecule has 0 spiro atoms. The van der Waals surface area contributed by atoms with E-state index in [1.54, 1.807) is 0 Å². The summed E-state index contributed by atoms with van der Waals surface area (Å²) in [6.45, 7) is 12.3. The van der Waals surface area contributed by atoms with Gasteiger partial charge >= 0.3 is 11.1 Å². The van der Waals surface area contributed by atoms with E-state index in [0.29, 0.717) is 0 Å². The molecule has 6 rings (SSSR count). The maximum atomic E-state index is 11.5. The molecule has 8 nitrogen and oxygen atoms in total. The zero-order chi connectivity index (χ0) is 25.7. The third-order valence-corrected chi connectivity index (χ3v) is 7.62. The number of nitrogens with one attached hydrogen (secondary N) is 2. The van der Waals surface area contributed by atoms with E-state index in [1.807, 2.05) is 26.8 Å². The third-order valence-electron chi connectivity index (χ3n) is 7.62. The van der Waals surface area contributed by atoms with E-state index in [-0.39, 0.29) is 0 Å². The number of nitrogens with zero attached hydrogens (tertiary/aromatic N) is 4. The Kier molecular flexibility index (Phi) is 6.26. The quantitative estimate of drug-likeness (QED) is 0.371. The predicted molar refractivity (Wildman–Crippen MR) is 144 cm³/mol. The van der Waals surface area contributed by atoms with Gasteiger partial charge < -0.3 is 19.8 Å². The number of hydrogen-bond donors (Lipinski definition) is 2. The van der Waals surface area contributed by atoms with E-state index in [2.05, 4.69) is 51.8 Å². The Morgan fingerprint density at radius 3 is 1.97 bits per heavy atom. The molecule has 4 heterocycles. The molecule has 4 aromatic rings. The number of benzene rings is 2. The van der Waals surface area contributed by atoms with Crippen LogP contribution in [0.3, 0.4) is 0 Å².